The molecule has 15 nitrogen and oxygen atoms in total. The van der Waals surface area contributed by atoms with Gasteiger partial charge in [-0.3, -0.25) is 9.59 Å². The van der Waals surface area contributed by atoms with Crippen LogP contribution in [0, 0.1) is 0 Å². The number of nitrogens with one attached hydrogen (secondary N) is 2. The third-order valence-corrected chi connectivity index (χ3v) is 9.71. The number of carbonyl (C=O) groups is 3. The maximum absolute atomic E-state index is 13.0. The number of fused-ring (bicyclic) bond motifs is 1. The molecular weight excluding hydrogens is 728 g/mol. The quantitative estimate of drug-likeness (QED) is 0.193. The predicted octanol–water partition coefficient (Wildman–Crippen LogP) is 3.25. The maximum atomic E-state index is 13.0. The van der Waals surface area contributed by atoms with E-state index in [2.05, 4.69) is 10.6 Å². The first kappa shape index (κ1) is 41.3. The second-order valence-electron chi connectivity index (χ2n) is 13.9. The number of ether oxygens (including phenoxy) is 9. The minimum Gasteiger partial charge on any atom is -0.479 e. The van der Waals surface area contributed by atoms with Gasteiger partial charge in [0, 0.05) is 26.5 Å². The molecule has 56 heavy (non-hydrogen) atoms. The molecule has 0 spiro atoms. The highest BCUT2D eigenvalue weighted by atomic mass is 16.8. The molecule has 3 N–H and O–H groups in total. The zero-order valence-electron chi connectivity index (χ0n) is 31.8. The molecule has 0 saturated carbocycles. The summed E-state index contributed by atoms with van der Waals surface area (Å²) >= 11 is 0. The van der Waals surface area contributed by atoms with Crippen molar-refractivity contribution in [2.45, 2.75) is 108 Å². The van der Waals surface area contributed by atoms with Crippen LogP contribution in [0.4, 0.5) is 0 Å². The molecule has 3 saturated heterocycles. The Kier molecular flexibility index (Phi) is 14.6. The lowest BCUT2D eigenvalue weighted by Crippen LogP contribution is -2.71. The number of carbonyl (C=O) groups excluding carboxylic acids is 2. The summed E-state index contributed by atoms with van der Waals surface area (Å²) in [7, 11) is 1.40. The highest BCUT2D eigenvalue weighted by molar-refractivity contribution is 5.74. The van der Waals surface area contributed by atoms with E-state index in [1.54, 1.807) is 0 Å². The Morgan fingerprint density at radius 1 is 0.768 bits per heavy atom. The molecule has 3 fully saturated rings. The van der Waals surface area contributed by atoms with Gasteiger partial charge in [-0.05, 0) is 18.1 Å². The molecule has 3 heterocycles. The van der Waals surface area contributed by atoms with E-state index in [4.69, 9.17) is 42.6 Å². The standard InChI is InChI=1S/C41H50N2O13/c1-24(38(46)47)52-37-33(43-26(3)45)40(48-4)53-30(22-49-20-27-14-8-5-9-15-27)35(37)56-41-32(42-25(2)44)36(50-21-28-16-10-6-11-17-28)34-31(54-41)23-51-39(55-34)29-18-12-7-13-19-29/h5-19,24,30-37,39-41H,20-23H2,1-4H3,(H,42,44)(H,43,45)(H,46,47)/t24-,30-,31-,32-,33-,34-,35-,36-,37-,39-,40-,41+/m1/s1. The summed E-state index contributed by atoms with van der Waals surface area (Å²) in [6.45, 7) is 4.48. The van der Waals surface area contributed by atoms with Gasteiger partial charge in [0.15, 0.2) is 25.0 Å². The van der Waals surface area contributed by atoms with E-state index >= 15 is 0 Å². The van der Waals surface area contributed by atoms with Crippen molar-refractivity contribution in [3.8, 4) is 0 Å². The molecule has 3 aliphatic heterocycles. The Morgan fingerprint density at radius 3 is 1.95 bits per heavy atom. The molecule has 12 atom stereocenters. The normalized spacial score (nSPS) is 30.8. The van der Waals surface area contributed by atoms with Gasteiger partial charge in [0.1, 0.15) is 48.7 Å². The van der Waals surface area contributed by atoms with Crippen LogP contribution in [0.3, 0.4) is 0 Å². The Balaban J connectivity index is 1.36. The first-order valence-corrected chi connectivity index (χ1v) is 18.6. The largest absolute Gasteiger partial charge is 0.479 e. The van der Waals surface area contributed by atoms with Crippen molar-refractivity contribution < 1.29 is 62.1 Å². The Hall–Kier alpha value is -4.29. The van der Waals surface area contributed by atoms with E-state index in [0.717, 1.165) is 16.7 Å². The van der Waals surface area contributed by atoms with Gasteiger partial charge in [-0.25, -0.2) is 4.79 Å². The number of rotatable bonds is 16. The summed E-state index contributed by atoms with van der Waals surface area (Å²) in [5, 5.41) is 15.7. The van der Waals surface area contributed by atoms with Crippen LogP contribution in [0.15, 0.2) is 91.0 Å². The summed E-state index contributed by atoms with van der Waals surface area (Å²) in [4.78, 5) is 37.7. The lowest BCUT2D eigenvalue weighted by Gasteiger charge is -2.52. The number of carboxylic acids is 1. The van der Waals surface area contributed by atoms with Crippen LogP contribution in [-0.4, -0.2) is 111 Å². The fourth-order valence-corrected chi connectivity index (χ4v) is 7.09. The molecule has 0 bridgehead atoms. The molecule has 3 aliphatic rings. The number of hydrogen-bond acceptors (Lipinski definition) is 12. The smallest absolute Gasteiger partial charge is 0.332 e. The summed E-state index contributed by atoms with van der Waals surface area (Å²) in [6.07, 6.45) is -10.0. The van der Waals surface area contributed by atoms with Gasteiger partial charge in [-0.2, -0.15) is 0 Å². The van der Waals surface area contributed by atoms with Crippen LogP contribution in [-0.2, 0) is 70.2 Å². The van der Waals surface area contributed by atoms with Gasteiger partial charge in [0.25, 0.3) is 0 Å². The summed E-state index contributed by atoms with van der Waals surface area (Å²) in [5.74, 6) is -2.08. The Bertz CT molecular complexity index is 1700. The number of carboxylic acid groups (broad SMARTS) is 1. The zero-order valence-corrected chi connectivity index (χ0v) is 31.8. The molecule has 302 valence electrons. The third-order valence-electron chi connectivity index (χ3n) is 9.71. The molecule has 2 amide bonds. The number of amides is 2. The minimum absolute atomic E-state index is 0.0595. The molecule has 3 aromatic rings. The van der Waals surface area contributed by atoms with E-state index in [0.29, 0.717) is 0 Å². The molecule has 0 aliphatic carbocycles. The van der Waals surface area contributed by atoms with Crippen LogP contribution in [0.25, 0.3) is 0 Å². The van der Waals surface area contributed by atoms with E-state index in [1.165, 1.54) is 27.9 Å². The lowest BCUT2D eigenvalue weighted by atomic mass is 9.93. The zero-order chi connectivity index (χ0) is 39.6. The van der Waals surface area contributed by atoms with Crippen LogP contribution in [0.1, 0.15) is 43.8 Å². The minimum atomic E-state index is -1.34. The van der Waals surface area contributed by atoms with Crippen molar-refractivity contribution in [3.63, 3.8) is 0 Å². The van der Waals surface area contributed by atoms with Gasteiger partial charge in [-0.15, -0.1) is 0 Å². The third kappa shape index (κ3) is 10.6. The fraction of sp³-hybridized carbons (Fsp3) is 0.488. The molecule has 0 radical (unpaired) electrons. The van der Waals surface area contributed by atoms with Crippen molar-refractivity contribution in [3.05, 3.63) is 108 Å². The van der Waals surface area contributed by atoms with Crippen molar-refractivity contribution in [2.24, 2.45) is 0 Å². The fourth-order valence-electron chi connectivity index (χ4n) is 7.09. The molecule has 0 aromatic heterocycles. The number of benzene rings is 3. The van der Waals surface area contributed by atoms with Gasteiger partial charge < -0.3 is 58.4 Å². The van der Waals surface area contributed by atoms with Crippen LogP contribution < -0.4 is 10.6 Å². The van der Waals surface area contributed by atoms with Crippen molar-refractivity contribution in [1.29, 1.82) is 0 Å². The second kappa shape index (κ2) is 19.7. The van der Waals surface area contributed by atoms with Gasteiger partial charge in [0.2, 0.25) is 11.8 Å². The van der Waals surface area contributed by atoms with Crippen molar-refractivity contribution >= 4 is 17.8 Å². The maximum Gasteiger partial charge on any atom is 0.332 e. The van der Waals surface area contributed by atoms with Crippen LogP contribution in [0.2, 0.25) is 0 Å². The summed E-state index contributed by atoms with van der Waals surface area (Å²) in [5.41, 5.74) is 2.59. The SMILES string of the molecule is CO[C@@H]1O[C@H](COCc2ccccc2)[C@@H](O[C@@H]2O[C@@H]3CO[C@@H](c4ccccc4)O[C@H]3[C@H](OCc3ccccc3)[C@H]2NC(C)=O)[C@H](O[C@H](C)C(=O)O)[C@H]1NC(C)=O. The number of hydrogen-bond donors (Lipinski definition) is 3. The molecule has 3 aromatic carbocycles. The molecule has 0 unspecified atom stereocenters. The Morgan fingerprint density at radius 2 is 1.36 bits per heavy atom. The number of methoxy groups -OCH3 is 1. The monoisotopic (exact) mass is 778 g/mol. The molecule has 6 rings (SSSR count). The summed E-state index contributed by atoms with van der Waals surface area (Å²) in [6, 6.07) is 26.5. The van der Waals surface area contributed by atoms with Crippen LogP contribution in [0.5, 0.6) is 0 Å². The second-order valence-corrected chi connectivity index (χ2v) is 13.9. The van der Waals surface area contributed by atoms with E-state index < -0.39 is 91.5 Å². The first-order chi connectivity index (χ1) is 27.1. The predicted molar refractivity (Wildman–Crippen MR) is 198 cm³/mol. The highest BCUT2D eigenvalue weighted by Gasteiger charge is 2.55. The highest BCUT2D eigenvalue weighted by Crippen LogP contribution is 2.38. The van der Waals surface area contributed by atoms with E-state index in [1.807, 2.05) is 91.0 Å². The van der Waals surface area contributed by atoms with E-state index in [-0.39, 0.29) is 26.4 Å². The van der Waals surface area contributed by atoms with Gasteiger partial charge in [0.05, 0.1) is 26.4 Å². The van der Waals surface area contributed by atoms with Gasteiger partial charge >= 0.3 is 5.97 Å². The van der Waals surface area contributed by atoms with Crippen LogP contribution >= 0.6 is 0 Å². The average molecular weight is 779 g/mol. The van der Waals surface area contributed by atoms with Gasteiger partial charge in [-0.1, -0.05) is 91.0 Å². The van der Waals surface area contributed by atoms with E-state index in [9.17, 15) is 19.5 Å². The summed E-state index contributed by atoms with van der Waals surface area (Å²) < 4.78 is 57.2. The average Bonchev–Trinajstić information content (AvgIpc) is 3.20. The Labute approximate surface area is 325 Å². The van der Waals surface area contributed by atoms with Crippen molar-refractivity contribution in [1.82, 2.24) is 10.6 Å². The first-order valence-electron chi connectivity index (χ1n) is 18.6. The van der Waals surface area contributed by atoms with Crippen molar-refractivity contribution in [2.75, 3.05) is 20.3 Å². The number of aliphatic carboxylic acids is 1. The molecule has 15 heteroatoms. The lowest BCUT2D eigenvalue weighted by molar-refractivity contribution is -0.371. The molecular formula is C41H50N2O13. The topological polar surface area (TPSA) is 179 Å².